The fourth-order valence-electron chi connectivity index (χ4n) is 5.59. The number of tetrazole rings is 1. The van der Waals surface area contributed by atoms with E-state index >= 15 is 0 Å². The molecule has 1 aromatic carbocycles. The van der Waals surface area contributed by atoms with Crippen LogP contribution in [0.4, 0.5) is 0 Å². The molecule has 1 atom stereocenters. The fraction of sp³-hybridized carbons (Fsp3) is 0.452. The van der Waals surface area contributed by atoms with Crippen molar-refractivity contribution >= 4 is 6.21 Å². The molecule has 0 aliphatic carbocycles. The largest absolute Gasteiger partial charge is 0.334 e. The van der Waals surface area contributed by atoms with Crippen LogP contribution in [0.3, 0.4) is 0 Å². The molecule has 210 valence electrons. The first-order chi connectivity index (χ1) is 19.1. The lowest BCUT2D eigenvalue weighted by atomic mass is 9.76. The van der Waals surface area contributed by atoms with Gasteiger partial charge in [-0.1, -0.05) is 58.4 Å². The average Bonchev–Trinajstić information content (AvgIpc) is 3.68. The summed E-state index contributed by atoms with van der Waals surface area (Å²) in [4.78, 5) is 18.8. The lowest BCUT2D eigenvalue weighted by molar-refractivity contribution is 0.437. The molecule has 1 unspecified atom stereocenters. The molecule has 1 aliphatic heterocycles. The number of allylic oxidation sites excluding steroid dienone is 1. The predicted molar refractivity (Wildman–Crippen MR) is 159 cm³/mol. The molecule has 9 nitrogen and oxygen atoms in total. The summed E-state index contributed by atoms with van der Waals surface area (Å²) in [6.45, 7) is 13.6. The predicted octanol–water partition coefficient (Wildman–Crippen LogP) is 5.77. The van der Waals surface area contributed by atoms with E-state index in [1.807, 2.05) is 33.7 Å². The summed E-state index contributed by atoms with van der Waals surface area (Å²) in [7, 11) is 0. The molecule has 3 aromatic heterocycles. The molecule has 0 amide bonds. The molecule has 0 bridgehead atoms. The van der Waals surface area contributed by atoms with Crippen LogP contribution < -0.4 is 5.69 Å². The van der Waals surface area contributed by atoms with Gasteiger partial charge in [-0.25, -0.2) is 4.79 Å². The number of rotatable bonds is 9. The summed E-state index contributed by atoms with van der Waals surface area (Å²) >= 11 is 0. The molecular formula is C31H40N8O. The standard InChI is InChI=1S/C31H40N8O/c1-7-8-12-25-20-38(28-26(30(4,5)6)13-18-37(28)22(2)3)29(40)39(25)21-31(14-16-32-17-15-31)24-11-9-10-23(19-24)27-33-35-36-34-27/h9-11,13-14,16-20,22H,7-8,12,15,21H2,1-6H3,(H,33,34,35,36). The number of hydrogen-bond donors (Lipinski definition) is 1. The molecule has 0 radical (unpaired) electrons. The Hall–Kier alpha value is -4.01. The van der Waals surface area contributed by atoms with Crippen molar-refractivity contribution in [3.63, 3.8) is 0 Å². The number of benzene rings is 1. The van der Waals surface area contributed by atoms with E-state index in [1.54, 1.807) is 0 Å². The summed E-state index contributed by atoms with van der Waals surface area (Å²) in [5, 5.41) is 14.6. The first-order valence-corrected chi connectivity index (χ1v) is 14.2. The van der Waals surface area contributed by atoms with Gasteiger partial charge in [-0.3, -0.25) is 14.1 Å². The van der Waals surface area contributed by atoms with Crippen molar-refractivity contribution in [3.05, 3.63) is 82.3 Å². The number of aryl methyl sites for hydroxylation is 1. The van der Waals surface area contributed by atoms with Crippen LogP contribution in [0.15, 0.2) is 64.8 Å². The normalized spacial score (nSPS) is 17.3. The number of aromatic nitrogens is 7. The van der Waals surface area contributed by atoms with E-state index in [2.05, 4.69) is 108 Å². The van der Waals surface area contributed by atoms with E-state index in [0.29, 0.717) is 18.8 Å². The highest BCUT2D eigenvalue weighted by Crippen LogP contribution is 2.36. The second-order valence-corrected chi connectivity index (χ2v) is 12.1. The van der Waals surface area contributed by atoms with Gasteiger partial charge in [0.25, 0.3) is 0 Å². The first kappa shape index (κ1) is 27.6. The third-order valence-corrected chi connectivity index (χ3v) is 7.85. The van der Waals surface area contributed by atoms with E-state index in [4.69, 9.17) is 0 Å². The molecule has 4 heterocycles. The third-order valence-electron chi connectivity index (χ3n) is 7.85. The molecule has 1 N–H and O–H groups in total. The maximum atomic E-state index is 14.4. The van der Waals surface area contributed by atoms with Crippen LogP contribution in [0.1, 0.15) is 83.7 Å². The van der Waals surface area contributed by atoms with Gasteiger partial charge in [0.15, 0.2) is 0 Å². The van der Waals surface area contributed by atoms with Gasteiger partial charge in [-0.2, -0.15) is 5.21 Å². The molecule has 1 aliphatic rings. The number of hydrogen-bond acceptors (Lipinski definition) is 5. The number of nitrogens with zero attached hydrogens (tertiary/aromatic N) is 7. The Labute approximate surface area is 235 Å². The second kappa shape index (κ2) is 10.9. The SMILES string of the molecule is CCCCc1cn(-c2c(C(C)(C)C)ccn2C(C)C)c(=O)n1CC1(c2cccc(-c3nn[nH]n3)c2)C=CN=CC1. The van der Waals surface area contributed by atoms with E-state index in [1.165, 1.54) is 0 Å². The van der Waals surface area contributed by atoms with E-state index in [9.17, 15) is 4.79 Å². The quantitative estimate of drug-likeness (QED) is 0.291. The number of aromatic amines is 1. The van der Waals surface area contributed by atoms with Crippen molar-refractivity contribution in [1.82, 2.24) is 34.3 Å². The molecule has 9 heteroatoms. The Morgan fingerprint density at radius 1 is 1.18 bits per heavy atom. The lowest BCUT2D eigenvalue weighted by Gasteiger charge is -2.32. The minimum absolute atomic E-state index is 0.0122. The Bertz CT molecular complexity index is 1580. The topological polar surface area (TPSA) is 98.7 Å². The van der Waals surface area contributed by atoms with Crippen LogP contribution in [-0.4, -0.2) is 40.5 Å². The smallest absolute Gasteiger partial charge is 0.331 e. The van der Waals surface area contributed by atoms with Crippen LogP contribution in [0.5, 0.6) is 0 Å². The van der Waals surface area contributed by atoms with Gasteiger partial charge in [0.1, 0.15) is 5.82 Å². The Morgan fingerprint density at radius 2 is 2.00 bits per heavy atom. The third kappa shape index (κ3) is 5.12. The van der Waals surface area contributed by atoms with Crippen LogP contribution in [-0.2, 0) is 23.8 Å². The van der Waals surface area contributed by atoms with Gasteiger partial charge in [-0.05, 0) is 61.4 Å². The zero-order valence-electron chi connectivity index (χ0n) is 24.4. The molecule has 0 spiro atoms. The van der Waals surface area contributed by atoms with Crippen LogP contribution in [0.2, 0.25) is 0 Å². The lowest BCUT2D eigenvalue weighted by Crippen LogP contribution is -2.37. The van der Waals surface area contributed by atoms with Crippen LogP contribution in [0.25, 0.3) is 17.2 Å². The van der Waals surface area contributed by atoms with E-state index < -0.39 is 5.41 Å². The molecule has 0 saturated heterocycles. The summed E-state index contributed by atoms with van der Waals surface area (Å²) < 4.78 is 6.09. The van der Waals surface area contributed by atoms with Gasteiger partial charge in [0, 0.05) is 59.6 Å². The zero-order valence-corrected chi connectivity index (χ0v) is 24.4. The minimum Gasteiger partial charge on any atom is -0.331 e. The Morgan fingerprint density at radius 3 is 2.65 bits per heavy atom. The van der Waals surface area contributed by atoms with E-state index in [0.717, 1.165) is 47.5 Å². The van der Waals surface area contributed by atoms with Gasteiger partial charge in [-0.15, -0.1) is 10.2 Å². The Kier molecular flexibility index (Phi) is 7.49. The molecule has 40 heavy (non-hydrogen) atoms. The summed E-state index contributed by atoms with van der Waals surface area (Å²) in [6.07, 6.45) is 13.7. The van der Waals surface area contributed by atoms with Gasteiger partial charge >= 0.3 is 5.69 Å². The molecule has 0 fully saturated rings. The number of imidazole rings is 1. The monoisotopic (exact) mass is 540 g/mol. The maximum absolute atomic E-state index is 14.4. The summed E-state index contributed by atoms with van der Waals surface area (Å²) in [5.74, 6) is 1.50. The molecule has 4 aromatic rings. The molecule has 5 rings (SSSR count). The number of H-pyrrole nitrogens is 1. The number of unbranched alkanes of at least 4 members (excludes halogenated alkanes) is 1. The maximum Gasteiger partial charge on any atom is 0.334 e. The molecular weight excluding hydrogens is 500 g/mol. The summed E-state index contributed by atoms with van der Waals surface area (Å²) in [6, 6.07) is 10.6. The first-order valence-electron chi connectivity index (χ1n) is 14.2. The van der Waals surface area contributed by atoms with Crippen LogP contribution >= 0.6 is 0 Å². The van der Waals surface area contributed by atoms with Crippen LogP contribution in [0, 0.1) is 0 Å². The number of aliphatic imine (C=N–C) groups is 1. The summed E-state index contributed by atoms with van der Waals surface area (Å²) in [5.41, 5.74) is 3.59. The van der Waals surface area contributed by atoms with Crippen molar-refractivity contribution in [3.8, 4) is 17.2 Å². The highest BCUT2D eigenvalue weighted by molar-refractivity contribution is 5.65. The minimum atomic E-state index is -0.453. The van der Waals surface area contributed by atoms with Crippen molar-refractivity contribution < 1.29 is 0 Å². The van der Waals surface area contributed by atoms with Gasteiger partial charge < -0.3 is 4.57 Å². The van der Waals surface area contributed by atoms with Crippen molar-refractivity contribution in [2.75, 3.05) is 0 Å². The zero-order chi connectivity index (χ0) is 28.5. The average molecular weight is 541 g/mol. The van der Waals surface area contributed by atoms with Gasteiger partial charge in [0.05, 0.1) is 0 Å². The van der Waals surface area contributed by atoms with Crippen molar-refractivity contribution in [1.29, 1.82) is 0 Å². The Balaban J connectivity index is 1.66. The highest BCUT2D eigenvalue weighted by Gasteiger charge is 2.34. The van der Waals surface area contributed by atoms with Crippen molar-refractivity contribution in [2.45, 2.75) is 90.6 Å². The molecule has 0 saturated carbocycles. The van der Waals surface area contributed by atoms with Crippen molar-refractivity contribution in [2.24, 2.45) is 4.99 Å². The highest BCUT2D eigenvalue weighted by atomic mass is 16.1. The van der Waals surface area contributed by atoms with Gasteiger partial charge in [0.2, 0.25) is 5.82 Å². The fourth-order valence-corrected chi connectivity index (χ4v) is 5.59. The second-order valence-electron chi connectivity index (χ2n) is 12.1. The number of nitrogens with one attached hydrogen (secondary N) is 1. The van der Waals surface area contributed by atoms with E-state index in [-0.39, 0.29) is 17.1 Å².